The smallest absolute Gasteiger partial charge is 0.353 e. The second kappa shape index (κ2) is 6.11. The molecule has 124 valence electrons. The quantitative estimate of drug-likeness (QED) is 0.613. The standard InChI is InChI=1S/C15H11FN2O6/c16-9-6-18(15(22)17-13(9)20)7-12(19)23-11-5-8-3-1-2-4-10(8)24-14(11)21/h1-4,6,11H,5,7H2,(H,17,20,22). The Hall–Kier alpha value is -3.23. The largest absolute Gasteiger partial charge is 0.449 e. The van der Waals surface area contributed by atoms with Crippen LogP contribution in [0.25, 0.3) is 0 Å². The van der Waals surface area contributed by atoms with Gasteiger partial charge in [-0.2, -0.15) is 4.39 Å². The molecular weight excluding hydrogens is 323 g/mol. The van der Waals surface area contributed by atoms with Crippen molar-refractivity contribution >= 4 is 11.9 Å². The number of nitrogens with zero attached hydrogens (tertiary/aromatic N) is 1. The van der Waals surface area contributed by atoms with Gasteiger partial charge in [0, 0.05) is 6.42 Å². The molecule has 8 nitrogen and oxygen atoms in total. The molecular formula is C15H11FN2O6. The first-order valence-electron chi connectivity index (χ1n) is 6.92. The van der Waals surface area contributed by atoms with Crippen LogP contribution in [-0.2, 0) is 27.3 Å². The number of nitrogens with one attached hydrogen (secondary N) is 1. The molecule has 0 fully saturated rings. The highest BCUT2D eigenvalue weighted by Crippen LogP contribution is 2.25. The number of ether oxygens (including phenoxy) is 2. The minimum Gasteiger partial charge on any atom is -0.449 e. The van der Waals surface area contributed by atoms with E-state index in [1.807, 2.05) is 0 Å². The second-order valence-corrected chi connectivity index (χ2v) is 5.08. The number of H-pyrrole nitrogens is 1. The molecule has 2 heterocycles. The molecule has 1 aliphatic heterocycles. The van der Waals surface area contributed by atoms with E-state index in [9.17, 15) is 23.6 Å². The molecule has 1 aromatic carbocycles. The molecule has 1 aliphatic rings. The van der Waals surface area contributed by atoms with E-state index in [-0.39, 0.29) is 6.42 Å². The molecule has 3 rings (SSSR count). The summed E-state index contributed by atoms with van der Waals surface area (Å²) in [6.07, 6.45) is -0.428. The number of hydrogen-bond acceptors (Lipinski definition) is 6. The molecule has 1 N–H and O–H groups in total. The number of carbonyl (C=O) groups is 2. The Labute approximate surface area is 133 Å². The number of benzene rings is 1. The van der Waals surface area contributed by atoms with Crippen LogP contribution in [0.2, 0.25) is 0 Å². The molecule has 0 saturated heterocycles. The maximum Gasteiger partial charge on any atom is 0.353 e. The molecule has 0 spiro atoms. The zero-order chi connectivity index (χ0) is 17.3. The van der Waals surface area contributed by atoms with Crippen LogP contribution in [0.5, 0.6) is 5.75 Å². The molecule has 24 heavy (non-hydrogen) atoms. The van der Waals surface area contributed by atoms with Crippen LogP contribution < -0.4 is 16.0 Å². The summed E-state index contributed by atoms with van der Waals surface area (Å²) in [5.74, 6) is -2.49. The van der Waals surface area contributed by atoms with Gasteiger partial charge in [-0.1, -0.05) is 18.2 Å². The maximum atomic E-state index is 13.2. The number of halogens is 1. The lowest BCUT2D eigenvalue weighted by atomic mass is 10.0. The van der Waals surface area contributed by atoms with Crippen LogP contribution in [-0.4, -0.2) is 27.6 Å². The Morgan fingerprint density at radius 2 is 2.08 bits per heavy atom. The molecule has 1 unspecified atom stereocenters. The molecule has 0 amide bonds. The van der Waals surface area contributed by atoms with Crippen molar-refractivity contribution in [1.82, 2.24) is 9.55 Å². The third kappa shape index (κ3) is 3.09. The van der Waals surface area contributed by atoms with Gasteiger partial charge in [0.15, 0.2) is 0 Å². The summed E-state index contributed by atoms with van der Waals surface area (Å²) in [7, 11) is 0. The number of aromatic amines is 1. The zero-order valence-corrected chi connectivity index (χ0v) is 12.2. The normalized spacial score (nSPS) is 16.2. The minimum atomic E-state index is -1.21. The fourth-order valence-corrected chi connectivity index (χ4v) is 2.25. The first-order valence-corrected chi connectivity index (χ1v) is 6.92. The number of fused-ring (bicyclic) bond motifs is 1. The van der Waals surface area contributed by atoms with E-state index < -0.39 is 41.7 Å². The highest BCUT2D eigenvalue weighted by molar-refractivity contribution is 5.83. The van der Waals surface area contributed by atoms with Crippen molar-refractivity contribution in [3.8, 4) is 5.75 Å². The van der Waals surface area contributed by atoms with Crippen molar-refractivity contribution in [2.75, 3.05) is 0 Å². The predicted molar refractivity (Wildman–Crippen MR) is 76.9 cm³/mol. The molecule has 1 atom stereocenters. The number of carbonyl (C=O) groups excluding carboxylic acids is 2. The summed E-state index contributed by atoms with van der Waals surface area (Å²) in [5.41, 5.74) is -1.45. The highest BCUT2D eigenvalue weighted by atomic mass is 19.1. The molecule has 0 radical (unpaired) electrons. The summed E-state index contributed by atoms with van der Waals surface area (Å²) in [4.78, 5) is 47.9. The van der Waals surface area contributed by atoms with E-state index in [0.717, 1.165) is 0 Å². The molecule has 0 bridgehead atoms. The number of rotatable bonds is 3. The molecule has 0 saturated carbocycles. The van der Waals surface area contributed by atoms with Gasteiger partial charge in [-0.05, 0) is 11.6 Å². The first-order chi connectivity index (χ1) is 11.4. The Kier molecular flexibility index (Phi) is 3.98. The van der Waals surface area contributed by atoms with Gasteiger partial charge in [0.05, 0.1) is 6.20 Å². The lowest BCUT2D eigenvalue weighted by molar-refractivity contribution is -0.164. The van der Waals surface area contributed by atoms with E-state index in [2.05, 4.69) is 0 Å². The van der Waals surface area contributed by atoms with Crippen LogP contribution in [0, 0.1) is 5.82 Å². The van der Waals surface area contributed by atoms with Crippen molar-refractivity contribution in [2.24, 2.45) is 0 Å². The second-order valence-electron chi connectivity index (χ2n) is 5.08. The lowest BCUT2D eigenvalue weighted by Gasteiger charge is -2.23. The average Bonchev–Trinajstić information content (AvgIpc) is 2.53. The summed E-state index contributed by atoms with van der Waals surface area (Å²) in [6.45, 7) is -0.655. The molecule has 9 heteroatoms. The van der Waals surface area contributed by atoms with Gasteiger partial charge in [-0.3, -0.25) is 19.1 Å². The minimum absolute atomic E-state index is 0.135. The van der Waals surface area contributed by atoms with Gasteiger partial charge in [0.25, 0.3) is 5.56 Å². The van der Waals surface area contributed by atoms with Crippen LogP contribution in [0.4, 0.5) is 4.39 Å². The number of esters is 2. The van der Waals surface area contributed by atoms with Crippen LogP contribution in [0.1, 0.15) is 5.56 Å². The van der Waals surface area contributed by atoms with Crippen molar-refractivity contribution in [1.29, 1.82) is 0 Å². The Morgan fingerprint density at radius 1 is 1.33 bits per heavy atom. The van der Waals surface area contributed by atoms with Gasteiger partial charge >= 0.3 is 17.6 Å². The summed E-state index contributed by atoms with van der Waals surface area (Å²) in [5, 5.41) is 0. The van der Waals surface area contributed by atoms with Crippen LogP contribution in [0.3, 0.4) is 0 Å². The third-order valence-electron chi connectivity index (χ3n) is 3.39. The van der Waals surface area contributed by atoms with Crippen molar-refractivity contribution in [3.63, 3.8) is 0 Å². The lowest BCUT2D eigenvalue weighted by Crippen LogP contribution is -2.39. The Balaban J connectivity index is 1.72. The summed E-state index contributed by atoms with van der Waals surface area (Å²) in [6, 6.07) is 6.80. The molecule has 1 aromatic heterocycles. The first kappa shape index (κ1) is 15.7. The van der Waals surface area contributed by atoms with Gasteiger partial charge in [0.2, 0.25) is 11.9 Å². The van der Waals surface area contributed by atoms with Crippen molar-refractivity contribution in [2.45, 2.75) is 19.1 Å². The summed E-state index contributed by atoms with van der Waals surface area (Å²) >= 11 is 0. The van der Waals surface area contributed by atoms with Gasteiger partial charge < -0.3 is 9.47 Å². The van der Waals surface area contributed by atoms with E-state index >= 15 is 0 Å². The van der Waals surface area contributed by atoms with Crippen LogP contribution >= 0.6 is 0 Å². The highest BCUT2D eigenvalue weighted by Gasteiger charge is 2.31. The zero-order valence-electron chi connectivity index (χ0n) is 12.2. The number of hydrogen-bond donors (Lipinski definition) is 1. The van der Waals surface area contributed by atoms with Crippen molar-refractivity contribution in [3.05, 3.63) is 62.7 Å². The van der Waals surface area contributed by atoms with Gasteiger partial charge in [-0.25, -0.2) is 9.59 Å². The monoisotopic (exact) mass is 334 g/mol. The topological polar surface area (TPSA) is 107 Å². The average molecular weight is 334 g/mol. The molecule has 2 aromatic rings. The Bertz CT molecular complexity index is 932. The number of para-hydroxylation sites is 1. The maximum absolute atomic E-state index is 13.2. The molecule has 0 aliphatic carbocycles. The van der Waals surface area contributed by atoms with Crippen molar-refractivity contribution < 1.29 is 23.5 Å². The van der Waals surface area contributed by atoms with E-state index in [1.165, 1.54) is 0 Å². The van der Waals surface area contributed by atoms with Crippen LogP contribution in [0.15, 0.2) is 40.1 Å². The fourth-order valence-electron chi connectivity index (χ4n) is 2.25. The SMILES string of the molecule is O=C(Cn1cc(F)c(=O)[nH]c1=O)OC1Cc2ccccc2OC1=O. The fraction of sp³-hybridized carbons (Fsp3) is 0.200. The Morgan fingerprint density at radius 3 is 2.88 bits per heavy atom. The van der Waals surface area contributed by atoms with E-state index in [4.69, 9.17) is 9.47 Å². The van der Waals surface area contributed by atoms with Gasteiger partial charge in [-0.15, -0.1) is 0 Å². The predicted octanol–water partition coefficient (Wildman–Crippen LogP) is -0.251. The van der Waals surface area contributed by atoms with E-state index in [1.54, 1.807) is 29.2 Å². The summed E-state index contributed by atoms with van der Waals surface area (Å²) < 4.78 is 23.9. The number of aromatic nitrogens is 2. The van der Waals surface area contributed by atoms with E-state index in [0.29, 0.717) is 22.1 Å². The third-order valence-corrected chi connectivity index (χ3v) is 3.39. The van der Waals surface area contributed by atoms with Gasteiger partial charge in [0.1, 0.15) is 12.3 Å².